The molecule has 0 saturated heterocycles. The maximum Gasteiger partial charge on any atom is 0.0433 e. The zero-order chi connectivity index (χ0) is 10.7. The minimum atomic E-state index is 0.349. The van der Waals surface area contributed by atoms with E-state index in [4.69, 9.17) is 10.2 Å². The fourth-order valence-corrected chi connectivity index (χ4v) is 1.14. The first-order valence-electron chi connectivity index (χ1n) is 5.26. The molecule has 0 fully saturated rings. The third-order valence-electron chi connectivity index (χ3n) is 2.47. The first kappa shape index (κ1) is 15.4. The molecular weight excluding hydrogens is 164 g/mol. The topological polar surface area (TPSA) is 40.5 Å². The molecule has 0 aliphatic rings. The van der Waals surface area contributed by atoms with Crippen LogP contribution in [0.5, 0.6) is 0 Å². The average molecular weight is 190 g/mol. The molecule has 82 valence electrons. The maximum atomic E-state index is 8.66. The van der Waals surface area contributed by atoms with Crippen LogP contribution in [0, 0.1) is 11.8 Å². The average Bonchev–Trinajstić information content (AvgIpc) is 2.18. The van der Waals surface area contributed by atoms with Gasteiger partial charge in [0.2, 0.25) is 0 Å². The molecule has 2 atom stereocenters. The normalized spacial score (nSPS) is 14.3. The fourth-order valence-electron chi connectivity index (χ4n) is 1.14. The van der Waals surface area contributed by atoms with Gasteiger partial charge in [-0.25, -0.2) is 0 Å². The second-order valence-electron chi connectivity index (χ2n) is 3.71. The molecule has 0 aromatic rings. The molecule has 0 amide bonds. The SMILES string of the molecule is CCC(C)CCC(C)CCO.CO. The third-order valence-corrected chi connectivity index (χ3v) is 2.47. The lowest BCUT2D eigenvalue weighted by Gasteiger charge is -2.12. The van der Waals surface area contributed by atoms with Gasteiger partial charge in [0.1, 0.15) is 0 Å². The van der Waals surface area contributed by atoms with Crippen LogP contribution in [0.2, 0.25) is 0 Å². The van der Waals surface area contributed by atoms with Crippen LogP contribution >= 0.6 is 0 Å². The summed E-state index contributed by atoms with van der Waals surface area (Å²) in [7, 11) is 1.00. The zero-order valence-electron chi connectivity index (χ0n) is 9.58. The maximum absolute atomic E-state index is 8.66. The van der Waals surface area contributed by atoms with Crippen LogP contribution in [-0.2, 0) is 0 Å². The van der Waals surface area contributed by atoms with E-state index >= 15 is 0 Å². The summed E-state index contributed by atoms with van der Waals surface area (Å²) in [6, 6.07) is 0. The summed E-state index contributed by atoms with van der Waals surface area (Å²) < 4.78 is 0. The molecule has 2 unspecified atom stereocenters. The van der Waals surface area contributed by atoms with E-state index in [-0.39, 0.29) is 0 Å². The molecule has 0 aliphatic carbocycles. The Morgan fingerprint density at radius 3 is 1.77 bits per heavy atom. The van der Waals surface area contributed by atoms with Gasteiger partial charge in [0.15, 0.2) is 0 Å². The van der Waals surface area contributed by atoms with Gasteiger partial charge < -0.3 is 10.2 Å². The number of hydrogen-bond acceptors (Lipinski definition) is 2. The Bertz CT molecular complexity index is 84.2. The predicted molar refractivity (Wildman–Crippen MR) is 57.7 cm³/mol. The van der Waals surface area contributed by atoms with Crippen LogP contribution in [0.25, 0.3) is 0 Å². The van der Waals surface area contributed by atoms with Gasteiger partial charge in [-0.3, -0.25) is 0 Å². The Morgan fingerprint density at radius 1 is 0.923 bits per heavy atom. The van der Waals surface area contributed by atoms with E-state index < -0.39 is 0 Å². The van der Waals surface area contributed by atoms with Gasteiger partial charge in [-0.05, 0) is 18.3 Å². The first-order valence-corrected chi connectivity index (χ1v) is 5.26. The number of hydrogen-bond donors (Lipinski definition) is 2. The quantitative estimate of drug-likeness (QED) is 0.675. The molecule has 13 heavy (non-hydrogen) atoms. The van der Waals surface area contributed by atoms with Gasteiger partial charge in [0, 0.05) is 13.7 Å². The molecule has 2 heteroatoms. The van der Waals surface area contributed by atoms with Gasteiger partial charge >= 0.3 is 0 Å². The standard InChI is InChI=1S/C10H22O.CH4O/c1-4-9(2)5-6-10(3)7-8-11;1-2/h9-11H,4-8H2,1-3H3;2H,1H3. The molecule has 0 aromatic heterocycles. The van der Waals surface area contributed by atoms with Crippen LogP contribution in [-0.4, -0.2) is 23.9 Å². The second-order valence-corrected chi connectivity index (χ2v) is 3.71. The molecule has 0 aromatic carbocycles. The predicted octanol–water partition coefficient (Wildman–Crippen LogP) is 2.44. The molecular formula is C11H26O2. The largest absolute Gasteiger partial charge is 0.400 e. The van der Waals surface area contributed by atoms with Gasteiger partial charge in [-0.15, -0.1) is 0 Å². The van der Waals surface area contributed by atoms with Gasteiger partial charge in [0.25, 0.3) is 0 Å². The minimum absolute atomic E-state index is 0.349. The summed E-state index contributed by atoms with van der Waals surface area (Å²) in [5.74, 6) is 1.56. The molecule has 0 bridgehead atoms. The van der Waals surface area contributed by atoms with Crippen LogP contribution in [0.15, 0.2) is 0 Å². The molecule has 0 saturated carbocycles. The smallest absolute Gasteiger partial charge is 0.0433 e. The van der Waals surface area contributed by atoms with Gasteiger partial charge in [0.05, 0.1) is 0 Å². The van der Waals surface area contributed by atoms with E-state index in [1.807, 2.05) is 0 Å². The Labute approximate surface area is 83.0 Å². The van der Waals surface area contributed by atoms with Crippen molar-refractivity contribution >= 4 is 0 Å². The van der Waals surface area contributed by atoms with Crippen LogP contribution in [0.4, 0.5) is 0 Å². The molecule has 0 rings (SSSR count). The number of rotatable bonds is 6. The summed E-state index contributed by atoms with van der Waals surface area (Å²) in [5.41, 5.74) is 0. The van der Waals surface area contributed by atoms with Crippen molar-refractivity contribution in [2.24, 2.45) is 11.8 Å². The highest BCUT2D eigenvalue weighted by Crippen LogP contribution is 2.16. The lowest BCUT2D eigenvalue weighted by Crippen LogP contribution is -2.01. The van der Waals surface area contributed by atoms with Gasteiger partial charge in [-0.1, -0.05) is 40.0 Å². The lowest BCUT2D eigenvalue weighted by molar-refractivity contribution is 0.253. The van der Waals surface area contributed by atoms with Crippen molar-refractivity contribution in [3.05, 3.63) is 0 Å². The van der Waals surface area contributed by atoms with Crippen LogP contribution < -0.4 is 0 Å². The van der Waals surface area contributed by atoms with Crippen molar-refractivity contribution in [2.45, 2.75) is 46.5 Å². The second kappa shape index (κ2) is 11.9. The van der Waals surface area contributed by atoms with E-state index in [1.165, 1.54) is 19.3 Å². The number of aliphatic hydroxyl groups excluding tert-OH is 2. The van der Waals surface area contributed by atoms with Crippen molar-refractivity contribution in [1.82, 2.24) is 0 Å². The Hall–Kier alpha value is -0.0800. The highest BCUT2D eigenvalue weighted by Gasteiger charge is 2.03. The van der Waals surface area contributed by atoms with E-state index in [2.05, 4.69) is 20.8 Å². The first-order chi connectivity index (χ1) is 6.20. The Balaban J connectivity index is 0. The highest BCUT2D eigenvalue weighted by atomic mass is 16.3. The van der Waals surface area contributed by atoms with Crippen LogP contribution in [0.1, 0.15) is 46.5 Å². The molecule has 2 nitrogen and oxygen atoms in total. The van der Waals surface area contributed by atoms with Crippen molar-refractivity contribution in [3.63, 3.8) is 0 Å². The Kier molecular flexibility index (Phi) is 14.1. The summed E-state index contributed by atoms with van der Waals surface area (Å²) in [5, 5.41) is 15.7. The van der Waals surface area contributed by atoms with Crippen LogP contribution in [0.3, 0.4) is 0 Å². The minimum Gasteiger partial charge on any atom is -0.400 e. The van der Waals surface area contributed by atoms with E-state index in [1.54, 1.807) is 0 Å². The summed E-state index contributed by atoms with van der Waals surface area (Å²) >= 11 is 0. The van der Waals surface area contributed by atoms with E-state index in [0.29, 0.717) is 12.5 Å². The molecule has 2 N–H and O–H groups in total. The third kappa shape index (κ3) is 11.9. The molecule has 0 spiro atoms. The summed E-state index contributed by atoms with van der Waals surface area (Å²) in [6.07, 6.45) is 4.84. The monoisotopic (exact) mass is 190 g/mol. The molecule has 0 aliphatic heterocycles. The molecule has 0 radical (unpaired) electrons. The summed E-state index contributed by atoms with van der Waals surface area (Å²) in [4.78, 5) is 0. The summed E-state index contributed by atoms with van der Waals surface area (Å²) in [6.45, 7) is 7.10. The Morgan fingerprint density at radius 2 is 1.38 bits per heavy atom. The van der Waals surface area contributed by atoms with Gasteiger partial charge in [-0.2, -0.15) is 0 Å². The van der Waals surface area contributed by atoms with Crippen molar-refractivity contribution in [2.75, 3.05) is 13.7 Å². The van der Waals surface area contributed by atoms with E-state index in [9.17, 15) is 0 Å². The fraction of sp³-hybridized carbons (Fsp3) is 1.00. The van der Waals surface area contributed by atoms with Crippen molar-refractivity contribution in [1.29, 1.82) is 0 Å². The highest BCUT2D eigenvalue weighted by molar-refractivity contribution is 4.56. The lowest BCUT2D eigenvalue weighted by atomic mass is 9.95. The zero-order valence-corrected chi connectivity index (χ0v) is 9.58. The number of aliphatic hydroxyl groups is 2. The van der Waals surface area contributed by atoms with Crippen molar-refractivity contribution < 1.29 is 10.2 Å². The van der Waals surface area contributed by atoms with E-state index in [0.717, 1.165) is 19.4 Å². The molecule has 0 heterocycles. The van der Waals surface area contributed by atoms with Crippen molar-refractivity contribution in [3.8, 4) is 0 Å².